The molecule has 1 aliphatic rings. The Balaban J connectivity index is 2.01. The second-order valence-corrected chi connectivity index (χ2v) is 6.60. The first-order valence-electron chi connectivity index (χ1n) is 9.90. The molecule has 0 radical (unpaired) electrons. The van der Waals surface area contributed by atoms with Gasteiger partial charge in [-0.15, -0.1) is 0 Å². The van der Waals surface area contributed by atoms with Gasteiger partial charge in [-0.05, 0) is 19.9 Å². The molecule has 5 nitrogen and oxygen atoms in total. The third-order valence-corrected chi connectivity index (χ3v) is 4.60. The molecule has 0 amide bonds. The summed E-state index contributed by atoms with van der Waals surface area (Å²) in [6.07, 6.45) is -3.24. The first kappa shape index (κ1) is 22.0. The van der Waals surface area contributed by atoms with Gasteiger partial charge in [-0.3, -0.25) is 4.99 Å². The summed E-state index contributed by atoms with van der Waals surface area (Å²) in [5.74, 6) is 1.10. The van der Waals surface area contributed by atoms with Crippen LogP contribution in [-0.2, 0) is 10.9 Å². The third kappa shape index (κ3) is 5.24. The van der Waals surface area contributed by atoms with Gasteiger partial charge in [0.15, 0.2) is 0 Å². The lowest BCUT2D eigenvalue weighted by molar-refractivity contribution is -0.137. The maximum Gasteiger partial charge on any atom is 0.417 e. The van der Waals surface area contributed by atoms with Crippen LogP contribution in [0, 0.1) is 0 Å². The predicted octanol–water partition coefficient (Wildman–Crippen LogP) is 5.09. The summed E-state index contributed by atoms with van der Waals surface area (Å²) in [6, 6.07) is 8.88. The normalized spacial score (nSPS) is 14.9. The Morgan fingerprint density at radius 3 is 2.37 bits per heavy atom. The highest BCUT2D eigenvalue weighted by Gasteiger charge is 2.32. The number of anilines is 1. The maximum absolute atomic E-state index is 13.3. The molecule has 162 valence electrons. The molecule has 0 unspecified atom stereocenters. The molecule has 0 saturated carbocycles. The van der Waals surface area contributed by atoms with E-state index in [1.54, 1.807) is 12.1 Å². The maximum atomic E-state index is 13.3. The van der Waals surface area contributed by atoms with E-state index in [2.05, 4.69) is 9.89 Å². The molecule has 2 aromatic rings. The number of rotatable bonds is 7. The average Bonchev–Trinajstić information content (AvgIpc) is 2.74. The van der Waals surface area contributed by atoms with Gasteiger partial charge in [0.05, 0.1) is 37.7 Å². The van der Waals surface area contributed by atoms with Gasteiger partial charge in [-0.25, -0.2) is 0 Å². The Morgan fingerprint density at radius 1 is 1.03 bits per heavy atom. The highest BCUT2D eigenvalue weighted by Crippen LogP contribution is 2.41. The molecule has 0 aliphatic carbocycles. The molecular weight excluding hydrogens is 397 g/mol. The standard InChI is InChI=1S/C22H25F3N2O3/c1-3-29-20-14-19(27-9-11-28-12-10-27)21(30-4-2)13-18(20)26-15-16-7-5-6-8-17(16)22(23,24)25/h5-8,13-15H,3-4,9-12H2,1-2H3. The van der Waals surface area contributed by atoms with E-state index in [-0.39, 0.29) is 5.56 Å². The van der Waals surface area contributed by atoms with E-state index in [9.17, 15) is 13.2 Å². The van der Waals surface area contributed by atoms with Crippen LogP contribution in [0.3, 0.4) is 0 Å². The van der Waals surface area contributed by atoms with Crippen LogP contribution in [0.25, 0.3) is 0 Å². The van der Waals surface area contributed by atoms with Gasteiger partial charge < -0.3 is 19.1 Å². The van der Waals surface area contributed by atoms with Gasteiger partial charge in [0, 0.05) is 37.0 Å². The summed E-state index contributed by atoms with van der Waals surface area (Å²) in [4.78, 5) is 6.47. The van der Waals surface area contributed by atoms with Crippen molar-refractivity contribution in [3.05, 3.63) is 47.5 Å². The van der Waals surface area contributed by atoms with E-state index >= 15 is 0 Å². The largest absolute Gasteiger partial charge is 0.492 e. The highest BCUT2D eigenvalue weighted by atomic mass is 19.4. The van der Waals surface area contributed by atoms with Gasteiger partial charge in [-0.1, -0.05) is 18.2 Å². The number of aliphatic imine (C=N–C) groups is 1. The first-order valence-corrected chi connectivity index (χ1v) is 9.90. The number of ether oxygens (including phenoxy) is 3. The lowest BCUT2D eigenvalue weighted by Crippen LogP contribution is -2.36. The van der Waals surface area contributed by atoms with Crippen molar-refractivity contribution in [3.8, 4) is 11.5 Å². The predicted molar refractivity (Wildman–Crippen MR) is 111 cm³/mol. The minimum absolute atomic E-state index is 0.0114. The summed E-state index contributed by atoms with van der Waals surface area (Å²) in [7, 11) is 0. The SMILES string of the molecule is CCOc1cc(N2CCOCC2)c(OCC)cc1N=Cc1ccccc1C(F)(F)F. The minimum atomic E-state index is -4.46. The molecular formula is C22H25F3N2O3. The average molecular weight is 422 g/mol. The van der Waals surface area contributed by atoms with Gasteiger partial charge in [0.25, 0.3) is 0 Å². The minimum Gasteiger partial charge on any atom is -0.492 e. The fourth-order valence-electron chi connectivity index (χ4n) is 3.24. The van der Waals surface area contributed by atoms with Crippen LogP contribution in [0.4, 0.5) is 24.5 Å². The van der Waals surface area contributed by atoms with Gasteiger partial charge >= 0.3 is 6.18 Å². The van der Waals surface area contributed by atoms with Crippen LogP contribution in [0.1, 0.15) is 25.0 Å². The van der Waals surface area contributed by atoms with Crippen LogP contribution in [0.2, 0.25) is 0 Å². The Kier molecular flexibility index (Phi) is 7.20. The summed E-state index contributed by atoms with van der Waals surface area (Å²) < 4.78 is 56.8. The molecule has 8 heteroatoms. The van der Waals surface area contributed by atoms with E-state index < -0.39 is 11.7 Å². The van der Waals surface area contributed by atoms with Crippen LogP contribution in [-0.4, -0.2) is 45.7 Å². The van der Waals surface area contributed by atoms with Crippen LogP contribution in [0.15, 0.2) is 41.4 Å². The monoisotopic (exact) mass is 422 g/mol. The van der Waals surface area contributed by atoms with Crippen molar-refractivity contribution in [1.82, 2.24) is 0 Å². The number of benzene rings is 2. The third-order valence-electron chi connectivity index (χ3n) is 4.60. The molecule has 30 heavy (non-hydrogen) atoms. The first-order chi connectivity index (χ1) is 14.4. The number of morpholine rings is 1. The van der Waals surface area contributed by atoms with E-state index in [1.807, 2.05) is 19.9 Å². The van der Waals surface area contributed by atoms with E-state index in [0.717, 1.165) is 11.8 Å². The Morgan fingerprint density at radius 2 is 1.70 bits per heavy atom. The van der Waals surface area contributed by atoms with E-state index in [4.69, 9.17) is 14.2 Å². The van der Waals surface area contributed by atoms with E-state index in [0.29, 0.717) is 56.7 Å². The molecule has 1 fully saturated rings. The van der Waals surface area contributed by atoms with Crippen molar-refractivity contribution in [1.29, 1.82) is 0 Å². The Hall–Kier alpha value is -2.74. The van der Waals surface area contributed by atoms with Crippen LogP contribution < -0.4 is 14.4 Å². The van der Waals surface area contributed by atoms with Crippen molar-refractivity contribution in [2.45, 2.75) is 20.0 Å². The van der Waals surface area contributed by atoms with Gasteiger partial charge in [0.1, 0.15) is 17.2 Å². The molecule has 1 heterocycles. The lowest BCUT2D eigenvalue weighted by Gasteiger charge is -2.30. The fourth-order valence-corrected chi connectivity index (χ4v) is 3.24. The smallest absolute Gasteiger partial charge is 0.417 e. The van der Waals surface area contributed by atoms with E-state index in [1.165, 1.54) is 18.3 Å². The van der Waals surface area contributed by atoms with Crippen molar-refractivity contribution in [3.63, 3.8) is 0 Å². The lowest BCUT2D eigenvalue weighted by atomic mass is 10.1. The molecule has 2 aromatic carbocycles. The van der Waals surface area contributed by atoms with Crippen molar-refractivity contribution in [2.75, 3.05) is 44.4 Å². The van der Waals surface area contributed by atoms with Crippen molar-refractivity contribution < 1.29 is 27.4 Å². The zero-order valence-corrected chi connectivity index (χ0v) is 17.0. The fraction of sp³-hybridized carbons (Fsp3) is 0.409. The van der Waals surface area contributed by atoms with Crippen LogP contribution >= 0.6 is 0 Å². The highest BCUT2D eigenvalue weighted by molar-refractivity contribution is 5.85. The number of halogens is 3. The summed E-state index contributed by atoms with van der Waals surface area (Å²) in [5, 5.41) is 0. The molecule has 0 spiro atoms. The molecule has 0 N–H and O–H groups in total. The zero-order valence-electron chi connectivity index (χ0n) is 17.0. The number of alkyl halides is 3. The van der Waals surface area contributed by atoms with Crippen molar-refractivity contribution in [2.24, 2.45) is 4.99 Å². The summed E-state index contributed by atoms with van der Waals surface area (Å²) in [5.41, 5.74) is 0.525. The summed E-state index contributed by atoms with van der Waals surface area (Å²) >= 11 is 0. The second kappa shape index (κ2) is 9.84. The van der Waals surface area contributed by atoms with Crippen molar-refractivity contribution >= 4 is 17.6 Å². The number of nitrogens with zero attached hydrogens (tertiary/aromatic N) is 2. The molecule has 0 bridgehead atoms. The topological polar surface area (TPSA) is 43.3 Å². The molecule has 3 rings (SSSR count). The Bertz CT molecular complexity index is 878. The molecule has 0 atom stereocenters. The zero-order chi connectivity index (χ0) is 21.6. The number of hydrogen-bond acceptors (Lipinski definition) is 5. The van der Waals surface area contributed by atoms with Gasteiger partial charge in [0.2, 0.25) is 0 Å². The Labute approximate surface area is 174 Å². The second-order valence-electron chi connectivity index (χ2n) is 6.60. The molecule has 1 aliphatic heterocycles. The molecule has 0 aromatic heterocycles. The number of hydrogen-bond donors (Lipinski definition) is 0. The quantitative estimate of drug-likeness (QED) is 0.583. The van der Waals surface area contributed by atoms with Gasteiger partial charge in [-0.2, -0.15) is 13.2 Å². The molecule has 1 saturated heterocycles. The summed E-state index contributed by atoms with van der Waals surface area (Å²) in [6.45, 7) is 7.23. The van der Waals surface area contributed by atoms with Crippen LogP contribution in [0.5, 0.6) is 11.5 Å².